The van der Waals surface area contributed by atoms with Gasteiger partial charge in [0.05, 0.1) is 20.0 Å². The van der Waals surface area contributed by atoms with Crippen molar-refractivity contribution in [3.05, 3.63) is 42.5 Å². The summed E-state index contributed by atoms with van der Waals surface area (Å²) < 4.78 is 13.0. The molecule has 0 saturated carbocycles. The van der Waals surface area contributed by atoms with Crippen LogP contribution in [0.4, 0.5) is 0 Å². The van der Waals surface area contributed by atoms with Crippen LogP contribution in [0.3, 0.4) is 0 Å². The molecule has 0 aliphatic rings. The molecule has 1 aromatic heterocycles. The van der Waals surface area contributed by atoms with Gasteiger partial charge in [0.25, 0.3) is 0 Å². The summed E-state index contributed by atoms with van der Waals surface area (Å²) >= 11 is 0. The molecule has 19 heavy (non-hydrogen) atoms. The van der Waals surface area contributed by atoms with Crippen LogP contribution < -0.4 is 15.2 Å². The molecule has 5 nitrogen and oxygen atoms in total. The lowest BCUT2D eigenvalue weighted by atomic mass is 10.1. The van der Waals surface area contributed by atoms with Gasteiger partial charge in [-0.15, -0.1) is 0 Å². The molecule has 2 N–H and O–H groups in total. The minimum atomic E-state index is 0.572. The van der Waals surface area contributed by atoms with Gasteiger partial charge in [0.15, 0.2) is 11.5 Å². The van der Waals surface area contributed by atoms with Gasteiger partial charge in [-0.3, -0.25) is 0 Å². The Balaban J connectivity index is 1.95. The molecule has 0 spiro atoms. The van der Waals surface area contributed by atoms with Crippen molar-refractivity contribution in [3.63, 3.8) is 0 Å². The zero-order chi connectivity index (χ0) is 13.5. The topological polar surface area (TPSA) is 62.3 Å². The largest absolute Gasteiger partial charge is 0.493 e. The third-order valence-corrected chi connectivity index (χ3v) is 2.83. The van der Waals surface area contributed by atoms with Gasteiger partial charge in [-0.2, -0.15) is 0 Å². The zero-order valence-corrected chi connectivity index (χ0v) is 11.1. The van der Waals surface area contributed by atoms with Crippen molar-refractivity contribution in [2.75, 3.05) is 20.3 Å². The van der Waals surface area contributed by atoms with Crippen molar-refractivity contribution in [3.8, 4) is 11.5 Å². The second-order valence-electron chi connectivity index (χ2n) is 4.17. The van der Waals surface area contributed by atoms with Crippen LogP contribution in [-0.2, 0) is 13.0 Å². The minimum Gasteiger partial charge on any atom is -0.493 e. The first kappa shape index (κ1) is 13.4. The quantitative estimate of drug-likeness (QED) is 0.820. The van der Waals surface area contributed by atoms with Crippen molar-refractivity contribution >= 4 is 0 Å². The first-order valence-electron chi connectivity index (χ1n) is 6.29. The summed E-state index contributed by atoms with van der Waals surface area (Å²) in [7, 11) is 1.64. The molecular weight excluding hydrogens is 242 g/mol. The maximum absolute atomic E-state index is 5.73. The molecule has 1 aromatic carbocycles. The predicted molar refractivity (Wildman–Crippen MR) is 73.5 cm³/mol. The number of benzene rings is 1. The van der Waals surface area contributed by atoms with Crippen LogP contribution in [0.25, 0.3) is 0 Å². The molecule has 0 amide bonds. The highest BCUT2D eigenvalue weighted by atomic mass is 16.5. The molecule has 0 radical (unpaired) electrons. The van der Waals surface area contributed by atoms with Crippen LogP contribution in [0.2, 0.25) is 0 Å². The van der Waals surface area contributed by atoms with E-state index in [4.69, 9.17) is 15.2 Å². The minimum absolute atomic E-state index is 0.572. The normalized spacial score (nSPS) is 10.4. The highest BCUT2D eigenvalue weighted by molar-refractivity contribution is 5.43. The molecule has 0 aliphatic heterocycles. The van der Waals surface area contributed by atoms with Crippen molar-refractivity contribution in [2.24, 2.45) is 5.73 Å². The number of rotatable bonds is 7. The van der Waals surface area contributed by atoms with Gasteiger partial charge in [0.2, 0.25) is 0 Å². The van der Waals surface area contributed by atoms with E-state index < -0.39 is 0 Å². The van der Waals surface area contributed by atoms with Crippen molar-refractivity contribution in [1.82, 2.24) is 9.55 Å². The average molecular weight is 261 g/mol. The van der Waals surface area contributed by atoms with E-state index >= 15 is 0 Å². The van der Waals surface area contributed by atoms with Crippen molar-refractivity contribution < 1.29 is 9.47 Å². The van der Waals surface area contributed by atoms with E-state index in [1.54, 1.807) is 19.6 Å². The first-order chi connectivity index (χ1) is 9.33. The molecule has 2 aromatic rings. The van der Waals surface area contributed by atoms with E-state index in [1.807, 2.05) is 29.0 Å². The molecule has 0 saturated heterocycles. The monoisotopic (exact) mass is 261 g/mol. The summed E-state index contributed by atoms with van der Waals surface area (Å²) in [6.07, 6.45) is 6.27. The summed E-state index contributed by atoms with van der Waals surface area (Å²) in [5.74, 6) is 1.50. The molecule has 1 heterocycles. The van der Waals surface area contributed by atoms with E-state index in [0.717, 1.165) is 30.0 Å². The Morgan fingerprint density at radius 2 is 2.21 bits per heavy atom. The van der Waals surface area contributed by atoms with Gasteiger partial charge in [0, 0.05) is 12.4 Å². The Labute approximate surface area is 113 Å². The summed E-state index contributed by atoms with van der Waals surface area (Å²) in [6.45, 7) is 1.96. The highest BCUT2D eigenvalue weighted by Crippen LogP contribution is 2.28. The van der Waals surface area contributed by atoms with Crippen LogP contribution in [0.1, 0.15) is 5.56 Å². The Morgan fingerprint density at radius 1 is 1.32 bits per heavy atom. The lowest BCUT2D eigenvalue weighted by molar-refractivity contribution is 0.279. The van der Waals surface area contributed by atoms with Crippen molar-refractivity contribution in [2.45, 2.75) is 13.0 Å². The Bertz CT molecular complexity index is 497. The number of hydrogen-bond donors (Lipinski definition) is 1. The zero-order valence-electron chi connectivity index (χ0n) is 11.1. The van der Waals surface area contributed by atoms with Gasteiger partial charge >= 0.3 is 0 Å². The fourth-order valence-electron chi connectivity index (χ4n) is 1.83. The van der Waals surface area contributed by atoms with E-state index in [-0.39, 0.29) is 0 Å². The molecule has 0 bridgehead atoms. The molecule has 0 fully saturated rings. The molecule has 5 heteroatoms. The molecular formula is C14H19N3O2. The van der Waals surface area contributed by atoms with Crippen LogP contribution in [0.15, 0.2) is 36.9 Å². The van der Waals surface area contributed by atoms with Crippen molar-refractivity contribution in [1.29, 1.82) is 0 Å². The van der Waals surface area contributed by atoms with Crippen LogP contribution >= 0.6 is 0 Å². The Morgan fingerprint density at radius 3 is 2.89 bits per heavy atom. The Hall–Kier alpha value is -2.01. The van der Waals surface area contributed by atoms with E-state index in [9.17, 15) is 0 Å². The van der Waals surface area contributed by atoms with E-state index in [2.05, 4.69) is 4.98 Å². The van der Waals surface area contributed by atoms with Gasteiger partial charge in [-0.05, 0) is 30.7 Å². The second-order valence-corrected chi connectivity index (χ2v) is 4.17. The number of nitrogens with two attached hydrogens (primary N) is 1. The summed E-state index contributed by atoms with van der Waals surface area (Å²) in [4.78, 5) is 3.98. The average Bonchev–Trinajstić information content (AvgIpc) is 2.93. The summed E-state index contributed by atoms with van der Waals surface area (Å²) in [6, 6.07) is 5.92. The second kappa shape index (κ2) is 6.80. The van der Waals surface area contributed by atoms with E-state index in [0.29, 0.717) is 13.2 Å². The van der Waals surface area contributed by atoms with Gasteiger partial charge in [-0.1, -0.05) is 6.07 Å². The molecule has 0 atom stereocenters. The number of nitrogens with zero attached hydrogens (tertiary/aromatic N) is 2. The smallest absolute Gasteiger partial charge is 0.161 e. The molecule has 0 aliphatic carbocycles. The maximum atomic E-state index is 5.73. The number of aromatic nitrogens is 2. The number of methoxy groups -OCH3 is 1. The maximum Gasteiger partial charge on any atom is 0.161 e. The fourth-order valence-corrected chi connectivity index (χ4v) is 1.83. The van der Waals surface area contributed by atoms with Crippen LogP contribution in [0, 0.1) is 0 Å². The summed E-state index contributed by atoms with van der Waals surface area (Å²) in [5, 5.41) is 0. The molecule has 2 rings (SSSR count). The number of hydrogen-bond acceptors (Lipinski definition) is 4. The number of imidazole rings is 1. The third kappa shape index (κ3) is 3.72. The number of ether oxygens (including phenoxy) is 2. The standard InChI is InChI=1S/C14H19N3O2/c1-18-14-10-12(4-5-15)2-3-13(14)19-9-8-17-7-6-16-11-17/h2-3,6-7,10-11H,4-5,8-9,15H2,1H3. The van der Waals surface area contributed by atoms with Crippen LogP contribution in [-0.4, -0.2) is 29.8 Å². The van der Waals surface area contributed by atoms with Gasteiger partial charge < -0.3 is 19.8 Å². The highest BCUT2D eigenvalue weighted by Gasteiger charge is 2.05. The summed E-state index contributed by atoms with van der Waals surface area (Å²) in [5.41, 5.74) is 6.70. The third-order valence-electron chi connectivity index (χ3n) is 2.83. The predicted octanol–water partition coefficient (Wildman–Crippen LogP) is 1.47. The lowest BCUT2D eigenvalue weighted by Gasteiger charge is -2.12. The first-order valence-corrected chi connectivity index (χ1v) is 6.29. The molecule has 102 valence electrons. The van der Waals surface area contributed by atoms with Crippen LogP contribution in [0.5, 0.6) is 11.5 Å². The van der Waals surface area contributed by atoms with Gasteiger partial charge in [-0.25, -0.2) is 4.98 Å². The Kier molecular flexibility index (Phi) is 4.80. The SMILES string of the molecule is COc1cc(CCN)ccc1OCCn1ccnc1. The van der Waals surface area contributed by atoms with E-state index in [1.165, 1.54) is 0 Å². The fraction of sp³-hybridized carbons (Fsp3) is 0.357. The van der Waals surface area contributed by atoms with Gasteiger partial charge in [0.1, 0.15) is 6.61 Å². The molecule has 0 unspecified atom stereocenters. The lowest BCUT2D eigenvalue weighted by Crippen LogP contribution is -2.08.